The van der Waals surface area contributed by atoms with Crippen LogP contribution in [0.5, 0.6) is 0 Å². The topological polar surface area (TPSA) is 55.1 Å². The average molecular weight is 275 g/mol. The Morgan fingerprint density at radius 1 is 1.28 bits per heavy atom. The predicted octanol–water partition coefficient (Wildman–Crippen LogP) is 2.33. The summed E-state index contributed by atoms with van der Waals surface area (Å²) in [5, 5.41) is 3.12. The van der Waals surface area contributed by atoms with Gasteiger partial charge in [0, 0.05) is 12.6 Å². The lowest BCUT2D eigenvalue weighted by molar-refractivity contribution is -0.127. The molecule has 0 radical (unpaired) electrons. The van der Waals surface area contributed by atoms with Gasteiger partial charge in [0.05, 0.1) is 5.92 Å². The monoisotopic (exact) mass is 274 g/mol. The van der Waals surface area contributed by atoms with Gasteiger partial charge in [0.15, 0.2) is 0 Å². The van der Waals surface area contributed by atoms with Crippen LogP contribution in [-0.4, -0.2) is 18.5 Å². The first kappa shape index (κ1) is 15.8. The molecule has 3 N–H and O–H groups in total. The number of carbonyl (C=O) groups excluding carboxylic acids is 1. The standard InChI is InChI=1S/C14H26N2O.ClH/c1-3-9(4-2)8-16-14(17)12-10-5-6-11(7-10)13(12)15;/h9-13H,3-8,15H2,1-2H3,(H,16,17);1H. The van der Waals surface area contributed by atoms with Crippen molar-refractivity contribution in [3.63, 3.8) is 0 Å². The highest BCUT2D eigenvalue weighted by atomic mass is 35.5. The van der Waals surface area contributed by atoms with Gasteiger partial charge in [-0.15, -0.1) is 12.4 Å². The number of fused-ring (bicyclic) bond motifs is 2. The third kappa shape index (κ3) is 3.00. The van der Waals surface area contributed by atoms with Crippen molar-refractivity contribution in [1.29, 1.82) is 0 Å². The van der Waals surface area contributed by atoms with Gasteiger partial charge in [-0.3, -0.25) is 4.79 Å². The van der Waals surface area contributed by atoms with E-state index >= 15 is 0 Å². The minimum atomic E-state index is 0. The quantitative estimate of drug-likeness (QED) is 0.808. The zero-order chi connectivity index (χ0) is 12.4. The molecule has 0 saturated heterocycles. The van der Waals surface area contributed by atoms with E-state index in [4.69, 9.17) is 5.73 Å². The number of rotatable bonds is 5. The minimum absolute atomic E-state index is 0. The number of amides is 1. The van der Waals surface area contributed by atoms with Crippen LogP contribution < -0.4 is 11.1 Å². The first-order chi connectivity index (χ1) is 8.17. The SMILES string of the molecule is CCC(CC)CNC(=O)C1C2CCC(C2)C1N.Cl. The summed E-state index contributed by atoms with van der Waals surface area (Å²) in [6, 6.07) is 0.121. The van der Waals surface area contributed by atoms with Crippen molar-refractivity contribution in [3.8, 4) is 0 Å². The molecular weight excluding hydrogens is 248 g/mol. The summed E-state index contributed by atoms with van der Waals surface area (Å²) < 4.78 is 0. The number of nitrogens with two attached hydrogens (primary N) is 1. The smallest absolute Gasteiger partial charge is 0.224 e. The molecule has 4 heteroatoms. The Bertz CT molecular complexity index is 279. The van der Waals surface area contributed by atoms with Crippen LogP contribution in [0, 0.1) is 23.7 Å². The van der Waals surface area contributed by atoms with E-state index in [9.17, 15) is 4.79 Å². The third-order valence-corrected chi connectivity index (χ3v) is 5.00. The van der Waals surface area contributed by atoms with Gasteiger partial charge in [0.2, 0.25) is 5.91 Å². The summed E-state index contributed by atoms with van der Waals surface area (Å²) in [4.78, 5) is 12.2. The van der Waals surface area contributed by atoms with Crippen molar-refractivity contribution in [2.75, 3.05) is 6.54 Å². The predicted molar refractivity (Wildman–Crippen MR) is 76.6 cm³/mol. The van der Waals surface area contributed by atoms with Crippen LogP contribution in [0.4, 0.5) is 0 Å². The van der Waals surface area contributed by atoms with Crippen molar-refractivity contribution < 1.29 is 4.79 Å². The Kier molecular flexibility index (Phi) is 5.93. The highest BCUT2D eigenvalue weighted by Gasteiger charge is 2.48. The van der Waals surface area contributed by atoms with E-state index in [1.165, 1.54) is 19.3 Å². The summed E-state index contributed by atoms with van der Waals surface area (Å²) in [5.41, 5.74) is 6.18. The molecule has 2 rings (SSSR count). The second-order valence-electron chi connectivity index (χ2n) is 5.86. The third-order valence-electron chi connectivity index (χ3n) is 5.00. The number of halogens is 1. The van der Waals surface area contributed by atoms with E-state index in [1.54, 1.807) is 0 Å². The molecule has 0 heterocycles. The molecule has 2 aliphatic carbocycles. The van der Waals surface area contributed by atoms with Crippen LogP contribution in [0.25, 0.3) is 0 Å². The molecular formula is C14H27ClN2O. The summed E-state index contributed by atoms with van der Waals surface area (Å²) in [6.45, 7) is 5.19. The fourth-order valence-electron chi connectivity index (χ4n) is 3.66. The fourth-order valence-corrected chi connectivity index (χ4v) is 3.66. The number of hydrogen-bond donors (Lipinski definition) is 2. The lowest BCUT2D eigenvalue weighted by Crippen LogP contribution is -2.46. The Balaban J connectivity index is 0.00000162. The van der Waals surface area contributed by atoms with Gasteiger partial charge in [-0.1, -0.05) is 26.7 Å². The summed E-state index contributed by atoms with van der Waals surface area (Å²) in [5.74, 6) is 2.12. The highest BCUT2D eigenvalue weighted by Crippen LogP contribution is 2.47. The molecule has 2 bridgehead atoms. The van der Waals surface area contributed by atoms with E-state index in [0.29, 0.717) is 17.8 Å². The largest absolute Gasteiger partial charge is 0.356 e. The van der Waals surface area contributed by atoms with E-state index in [0.717, 1.165) is 19.4 Å². The van der Waals surface area contributed by atoms with Crippen molar-refractivity contribution in [3.05, 3.63) is 0 Å². The zero-order valence-corrected chi connectivity index (χ0v) is 12.3. The normalized spacial score (nSPS) is 33.6. The van der Waals surface area contributed by atoms with E-state index < -0.39 is 0 Å². The molecule has 3 nitrogen and oxygen atoms in total. The van der Waals surface area contributed by atoms with Crippen LogP contribution >= 0.6 is 12.4 Å². The van der Waals surface area contributed by atoms with E-state index in [1.807, 2.05) is 0 Å². The lowest BCUT2D eigenvalue weighted by atomic mass is 9.84. The minimum Gasteiger partial charge on any atom is -0.356 e. The van der Waals surface area contributed by atoms with Crippen LogP contribution in [0.2, 0.25) is 0 Å². The first-order valence-electron chi connectivity index (χ1n) is 7.20. The molecule has 1 amide bonds. The van der Waals surface area contributed by atoms with Gasteiger partial charge in [0.25, 0.3) is 0 Å². The fraction of sp³-hybridized carbons (Fsp3) is 0.929. The van der Waals surface area contributed by atoms with Crippen molar-refractivity contribution in [1.82, 2.24) is 5.32 Å². The Labute approximate surface area is 117 Å². The van der Waals surface area contributed by atoms with Crippen molar-refractivity contribution in [2.24, 2.45) is 29.4 Å². The van der Waals surface area contributed by atoms with Gasteiger partial charge in [-0.25, -0.2) is 0 Å². The molecule has 2 aliphatic rings. The molecule has 4 unspecified atom stereocenters. The number of nitrogens with one attached hydrogen (secondary N) is 1. The second-order valence-corrected chi connectivity index (χ2v) is 5.86. The Morgan fingerprint density at radius 3 is 2.39 bits per heavy atom. The summed E-state index contributed by atoms with van der Waals surface area (Å²) >= 11 is 0. The van der Waals surface area contributed by atoms with Gasteiger partial charge in [-0.2, -0.15) is 0 Å². The van der Waals surface area contributed by atoms with Crippen molar-refractivity contribution in [2.45, 2.75) is 52.0 Å². The van der Waals surface area contributed by atoms with Gasteiger partial charge in [-0.05, 0) is 37.0 Å². The van der Waals surface area contributed by atoms with Crippen LogP contribution in [0.3, 0.4) is 0 Å². The van der Waals surface area contributed by atoms with Gasteiger partial charge in [0.1, 0.15) is 0 Å². The van der Waals surface area contributed by atoms with Gasteiger partial charge >= 0.3 is 0 Å². The van der Waals surface area contributed by atoms with Gasteiger partial charge < -0.3 is 11.1 Å². The molecule has 0 spiro atoms. The van der Waals surface area contributed by atoms with Crippen LogP contribution in [-0.2, 0) is 4.79 Å². The summed E-state index contributed by atoms with van der Waals surface area (Å²) in [6.07, 6.45) is 5.91. The maximum Gasteiger partial charge on any atom is 0.224 e. The highest BCUT2D eigenvalue weighted by molar-refractivity contribution is 5.85. The molecule has 4 atom stereocenters. The molecule has 2 fully saturated rings. The second kappa shape index (κ2) is 6.76. The molecule has 2 saturated carbocycles. The van der Waals surface area contributed by atoms with Crippen LogP contribution in [0.15, 0.2) is 0 Å². The van der Waals surface area contributed by atoms with Crippen molar-refractivity contribution >= 4 is 18.3 Å². The molecule has 0 aromatic carbocycles. The lowest BCUT2D eigenvalue weighted by Gasteiger charge is -2.27. The van der Waals surface area contributed by atoms with E-state index in [2.05, 4.69) is 19.2 Å². The number of carbonyl (C=O) groups is 1. The Hall–Kier alpha value is -0.280. The average Bonchev–Trinajstić information content (AvgIpc) is 2.90. The molecule has 106 valence electrons. The molecule has 0 aromatic heterocycles. The molecule has 0 aromatic rings. The first-order valence-corrected chi connectivity index (χ1v) is 7.20. The van der Waals surface area contributed by atoms with Crippen LogP contribution in [0.1, 0.15) is 46.0 Å². The maximum absolute atomic E-state index is 12.2. The summed E-state index contributed by atoms with van der Waals surface area (Å²) in [7, 11) is 0. The Morgan fingerprint density at radius 2 is 1.89 bits per heavy atom. The molecule has 18 heavy (non-hydrogen) atoms. The number of hydrogen-bond acceptors (Lipinski definition) is 2. The maximum atomic E-state index is 12.2. The molecule has 0 aliphatic heterocycles. The zero-order valence-electron chi connectivity index (χ0n) is 11.5. The van der Waals surface area contributed by atoms with E-state index in [-0.39, 0.29) is 30.3 Å².